The average Bonchev–Trinajstić information content (AvgIpc) is 3.26. The van der Waals surface area contributed by atoms with Crippen LogP contribution in [0.15, 0.2) is 54.6 Å². The number of amides is 4. The SMILES string of the molecule is C#Cc1ccc2c(c1)C(=O)N(c1cc(C(=O)O)cc(N3C(=O)c4ccc(C#C)cc4C3=O)c1)C2=O. The van der Waals surface area contributed by atoms with Crippen LogP contribution < -0.4 is 9.80 Å². The summed E-state index contributed by atoms with van der Waals surface area (Å²) in [6, 6.07) is 12.1. The predicted octanol–water partition coefficient (Wildman–Crippen LogP) is 2.95. The number of imide groups is 2. The number of carbonyl (C=O) groups excluding carboxylic acids is 4. The van der Waals surface area contributed by atoms with Gasteiger partial charge in [-0.05, 0) is 54.6 Å². The van der Waals surface area contributed by atoms with Crippen molar-refractivity contribution >= 4 is 41.0 Å². The van der Waals surface area contributed by atoms with E-state index < -0.39 is 29.6 Å². The number of carbonyl (C=O) groups is 5. The van der Waals surface area contributed by atoms with Crippen molar-refractivity contribution in [2.24, 2.45) is 0 Å². The third-order valence-electron chi connectivity index (χ3n) is 5.77. The highest BCUT2D eigenvalue weighted by Gasteiger charge is 2.40. The van der Waals surface area contributed by atoms with E-state index in [1.165, 1.54) is 42.5 Å². The van der Waals surface area contributed by atoms with Crippen LogP contribution in [-0.2, 0) is 0 Å². The Balaban J connectivity index is 1.63. The summed E-state index contributed by atoms with van der Waals surface area (Å²) in [7, 11) is 0. The molecule has 3 aromatic rings. The Morgan fingerprint density at radius 1 is 0.629 bits per heavy atom. The molecule has 0 unspecified atom stereocenters. The van der Waals surface area contributed by atoms with E-state index in [2.05, 4.69) is 11.8 Å². The minimum Gasteiger partial charge on any atom is -0.478 e. The number of nitrogens with zero attached hydrogens (tertiary/aromatic N) is 2. The van der Waals surface area contributed by atoms with E-state index in [9.17, 15) is 29.1 Å². The maximum Gasteiger partial charge on any atom is 0.335 e. The van der Waals surface area contributed by atoms with Gasteiger partial charge in [0.05, 0.1) is 39.2 Å². The van der Waals surface area contributed by atoms with Crippen LogP contribution in [0.1, 0.15) is 62.9 Å². The van der Waals surface area contributed by atoms with Crippen LogP contribution in [0.4, 0.5) is 11.4 Å². The molecular weight excluding hydrogens is 448 g/mol. The third-order valence-corrected chi connectivity index (χ3v) is 5.77. The molecule has 0 saturated carbocycles. The van der Waals surface area contributed by atoms with Gasteiger partial charge >= 0.3 is 5.97 Å². The highest BCUT2D eigenvalue weighted by Crippen LogP contribution is 2.35. The van der Waals surface area contributed by atoms with E-state index in [4.69, 9.17) is 12.8 Å². The zero-order valence-corrected chi connectivity index (χ0v) is 17.7. The molecule has 0 saturated heterocycles. The van der Waals surface area contributed by atoms with Crippen LogP contribution in [0.3, 0.4) is 0 Å². The number of carboxylic acid groups (broad SMARTS) is 1. The fraction of sp³-hybridized carbons (Fsp3) is 0. The summed E-state index contributed by atoms with van der Waals surface area (Å²) in [5, 5.41) is 9.65. The molecule has 35 heavy (non-hydrogen) atoms. The molecule has 0 aliphatic carbocycles. The summed E-state index contributed by atoms with van der Waals surface area (Å²) in [5.74, 6) is 0.590. The van der Waals surface area contributed by atoms with Crippen molar-refractivity contribution in [1.29, 1.82) is 0 Å². The first-order valence-corrected chi connectivity index (χ1v) is 10.1. The first-order chi connectivity index (χ1) is 16.7. The van der Waals surface area contributed by atoms with Gasteiger partial charge in [-0.25, -0.2) is 14.6 Å². The second kappa shape index (κ2) is 7.55. The Bertz CT molecular complexity index is 1520. The van der Waals surface area contributed by atoms with E-state index >= 15 is 0 Å². The molecule has 0 bridgehead atoms. The second-order valence-corrected chi connectivity index (χ2v) is 7.74. The number of rotatable bonds is 3. The van der Waals surface area contributed by atoms with Crippen molar-refractivity contribution < 1.29 is 29.1 Å². The maximum absolute atomic E-state index is 13.1. The van der Waals surface area contributed by atoms with Crippen molar-refractivity contribution in [1.82, 2.24) is 0 Å². The lowest BCUT2D eigenvalue weighted by Gasteiger charge is -2.20. The summed E-state index contributed by atoms with van der Waals surface area (Å²) in [4.78, 5) is 65.7. The summed E-state index contributed by atoms with van der Waals surface area (Å²) in [6.07, 6.45) is 10.8. The first-order valence-electron chi connectivity index (χ1n) is 10.1. The molecule has 0 aromatic heterocycles. The Hall–Kier alpha value is -5.47. The highest BCUT2D eigenvalue weighted by atomic mass is 16.4. The average molecular weight is 460 g/mol. The van der Waals surface area contributed by atoms with Gasteiger partial charge in [0, 0.05) is 11.1 Å². The number of carboxylic acids is 1. The van der Waals surface area contributed by atoms with Gasteiger partial charge in [0.2, 0.25) is 0 Å². The number of aromatic carboxylic acids is 1. The van der Waals surface area contributed by atoms with Gasteiger partial charge in [0.15, 0.2) is 0 Å². The van der Waals surface area contributed by atoms with Gasteiger partial charge in [-0.15, -0.1) is 12.8 Å². The number of fused-ring (bicyclic) bond motifs is 2. The third kappa shape index (κ3) is 3.10. The van der Waals surface area contributed by atoms with Crippen molar-refractivity contribution in [3.63, 3.8) is 0 Å². The molecule has 0 atom stereocenters. The number of benzene rings is 3. The van der Waals surface area contributed by atoms with Crippen LogP contribution in [0.5, 0.6) is 0 Å². The molecule has 8 heteroatoms. The molecule has 0 spiro atoms. The van der Waals surface area contributed by atoms with Gasteiger partial charge < -0.3 is 5.11 Å². The maximum atomic E-state index is 13.1. The largest absolute Gasteiger partial charge is 0.478 e. The molecule has 166 valence electrons. The van der Waals surface area contributed by atoms with E-state index in [1.807, 2.05) is 0 Å². The number of hydrogen-bond donors (Lipinski definition) is 1. The van der Waals surface area contributed by atoms with Crippen LogP contribution in [-0.4, -0.2) is 34.7 Å². The Kier molecular flexibility index (Phi) is 4.61. The number of terminal acetylenes is 2. The van der Waals surface area contributed by atoms with Crippen molar-refractivity contribution in [2.45, 2.75) is 0 Å². The second-order valence-electron chi connectivity index (χ2n) is 7.74. The van der Waals surface area contributed by atoms with Gasteiger partial charge in [-0.1, -0.05) is 11.8 Å². The lowest BCUT2D eigenvalue weighted by molar-refractivity contribution is 0.0694. The zero-order chi connectivity index (χ0) is 25.0. The predicted molar refractivity (Wildman–Crippen MR) is 124 cm³/mol. The van der Waals surface area contributed by atoms with Gasteiger partial charge in [-0.2, -0.15) is 0 Å². The molecule has 2 aliphatic heterocycles. The van der Waals surface area contributed by atoms with Gasteiger partial charge in [0.1, 0.15) is 0 Å². The molecule has 2 heterocycles. The van der Waals surface area contributed by atoms with Crippen molar-refractivity contribution in [3.8, 4) is 24.7 Å². The monoisotopic (exact) mass is 460 g/mol. The van der Waals surface area contributed by atoms with Crippen molar-refractivity contribution in [3.05, 3.63) is 93.5 Å². The molecule has 5 rings (SSSR count). The zero-order valence-electron chi connectivity index (χ0n) is 17.7. The topological polar surface area (TPSA) is 112 Å². The van der Waals surface area contributed by atoms with Crippen molar-refractivity contribution in [2.75, 3.05) is 9.80 Å². The summed E-state index contributed by atoms with van der Waals surface area (Å²) >= 11 is 0. The van der Waals surface area contributed by atoms with Crippen LogP contribution in [0.2, 0.25) is 0 Å². The number of anilines is 2. The van der Waals surface area contributed by atoms with E-state index in [0.717, 1.165) is 21.9 Å². The molecule has 0 radical (unpaired) electrons. The van der Waals surface area contributed by atoms with E-state index in [1.54, 1.807) is 0 Å². The fourth-order valence-electron chi connectivity index (χ4n) is 4.11. The quantitative estimate of drug-likeness (QED) is 0.475. The Labute approximate surface area is 198 Å². The Morgan fingerprint density at radius 3 is 1.40 bits per heavy atom. The molecule has 0 fully saturated rings. The van der Waals surface area contributed by atoms with Crippen LogP contribution >= 0.6 is 0 Å². The standard InChI is InChI=1S/C27H12N2O6/c1-3-14-5-7-19-21(9-14)25(32)28(23(19)30)17-11-16(27(34)35)12-18(13-17)29-24(31)20-8-6-15(4-2)10-22(20)26(29)33/h1-2,5-13H,(H,34,35). The molecule has 3 aromatic carbocycles. The molecule has 4 amide bonds. The smallest absolute Gasteiger partial charge is 0.335 e. The summed E-state index contributed by atoms with van der Waals surface area (Å²) in [5.41, 5.74) is 0.541. The number of hydrogen-bond acceptors (Lipinski definition) is 5. The molecule has 8 nitrogen and oxygen atoms in total. The minimum atomic E-state index is -1.38. The fourth-order valence-corrected chi connectivity index (χ4v) is 4.11. The molecule has 1 N–H and O–H groups in total. The minimum absolute atomic E-state index is 0.0651. The first kappa shape index (κ1) is 21.4. The van der Waals surface area contributed by atoms with Gasteiger partial charge in [-0.3, -0.25) is 19.2 Å². The van der Waals surface area contributed by atoms with E-state index in [0.29, 0.717) is 11.1 Å². The van der Waals surface area contributed by atoms with Gasteiger partial charge in [0.25, 0.3) is 23.6 Å². The Morgan fingerprint density at radius 2 is 1.03 bits per heavy atom. The lowest BCUT2D eigenvalue weighted by Crippen LogP contribution is -2.32. The highest BCUT2D eigenvalue weighted by molar-refractivity contribution is 6.36. The molecular formula is C27H12N2O6. The molecule has 2 aliphatic rings. The van der Waals surface area contributed by atoms with E-state index in [-0.39, 0.29) is 39.2 Å². The van der Waals surface area contributed by atoms with Crippen LogP contribution in [0.25, 0.3) is 0 Å². The van der Waals surface area contributed by atoms with Crippen LogP contribution in [0, 0.1) is 24.7 Å². The lowest BCUT2D eigenvalue weighted by atomic mass is 10.1. The summed E-state index contributed by atoms with van der Waals surface area (Å²) < 4.78 is 0. The summed E-state index contributed by atoms with van der Waals surface area (Å²) in [6.45, 7) is 0. The normalized spacial score (nSPS) is 14.0.